The number of carbonyl (C=O) groups excluding carboxylic acids is 1. The minimum atomic E-state index is -0.535. The van der Waals surface area contributed by atoms with Gasteiger partial charge in [-0.05, 0) is 56.7 Å². The Hall–Kier alpha value is -2.60. The van der Waals surface area contributed by atoms with Crippen molar-refractivity contribution in [2.75, 3.05) is 6.54 Å². The molecule has 2 aromatic carbocycles. The first-order valence-corrected chi connectivity index (χ1v) is 10.4. The van der Waals surface area contributed by atoms with Crippen LogP contribution in [0, 0.1) is 0 Å². The van der Waals surface area contributed by atoms with Gasteiger partial charge in [0.15, 0.2) is 0 Å². The first kappa shape index (κ1) is 19.7. The predicted octanol–water partition coefficient (Wildman–Crippen LogP) is 6.23. The second kappa shape index (κ2) is 7.34. The molecule has 1 atom stereocenters. The van der Waals surface area contributed by atoms with E-state index in [0.717, 1.165) is 32.5 Å². The summed E-state index contributed by atoms with van der Waals surface area (Å²) in [6.45, 7) is 8.18. The number of hydrogen-bond donors (Lipinski definition) is 1. The first-order valence-electron chi connectivity index (χ1n) is 9.61. The van der Waals surface area contributed by atoms with Gasteiger partial charge in [0.2, 0.25) is 0 Å². The van der Waals surface area contributed by atoms with Crippen LogP contribution in [0.15, 0.2) is 58.7 Å². The number of ether oxygens (including phenoxy) is 1. The van der Waals surface area contributed by atoms with Gasteiger partial charge in [-0.3, -0.25) is 4.90 Å². The van der Waals surface area contributed by atoms with Gasteiger partial charge >= 0.3 is 6.09 Å². The average Bonchev–Trinajstić information content (AvgIpc) is 3.26. The van der Waals surface area contributed by atoms with Crippen LogP contribution in [-0.2, 0) is 4.74 Å². The fourth-order valence-corrected chi connectivity index (χ4v) is 3.90. The van der Waals surface area contributed by atoms with Gasteiger partial charge in [0.1, 0.15) is 17.5 Å². The lowest BCUT2D eigenvalue weighted by molar-refractivity contribution is 0.0233. The molecule has 1 aliphatic rings. The summed E-state index contributed by atoms with van der Waals surface area (Å²) in [7, 11) is 0. The van der Waals surface area contributed by atoms with Gasteiger partial charge in [-0.15, -0.1) is 0 Å². The van der Waals surface area contributed by atoms with Crippen LogP contribution in [0.4, 0.5) is 4.79 Å². The summed E-state index contributed by atoms with van der Waals surface area (Å²) in [5, 5.41) is 2.34. The maximum absolute atomic E-state index is 12.7. The lowest BCUT2D eigenvalue weighted by atomic mass is 10.1. The fourth-order valence-electron chi connectivity index (χ4n) is 3.52. The first-order chi connectivity index (χ1) is 13.7. The number of imidazole rings is 1. The molecule has 1 aromatic heterocycles. The number of amides is 1. The molecule has 2 heterocycles. The topological polar surface area (TPSA) is 58.2 Å². The second-order valence-corrected chi connectivity index (χ2v) is 9.37. The van der Waals surface area contributed by atoms with Crippen molar-refractivity contribution in [1.29, 1.82) is 0 Å². The van der Waals surface area contributed by atoms with Crippen molar-refractivity contribution in [1.82, 2.24) is 14.9 Å². The van der Waals surface area contributed by atoms with Gasteiger partial charge in [0.05, 0.1) is 11.9 Å². The normalized spacial score (nSPS) is 16.9. The minimum Gasteiger partial charge on any atom is -0.444 e. The molecule has 4 rings (SSSR count). The number of nitrogens with one attached hydrogen (secondary N) is 1. The molecule has 1 amide bonds. The summed E-state index contributed by atoms with van der Waals surface area (Å²) >= 11 is 3.51. The Bertz CT molecular complexity index is 1110. The molecule has 0 aliphatic carbocycles. The number of carbonyl (C=O) groups is 1. The van der Waals surface area contributed by atoms with Gasteiger partial charge in [0.25, 0.3) is 0 Å². The van der Waals surface area contributed by atoms with E-state index in [-0.39, 0.29) is 12.1 Å². The molecule has 1 aliphatic heterocycles. The van der Waals surface area contributed by atoms with Gasteiger partial charge in [-0.2, -0.15) is 0 Å². The van der Waals surface area contributed by atoms with Crippen LogP contribution in [-0.4, -0.2) is 33.1 Å². The molecule has 0 unspecified atom stereocenters. The number of nitrogens with zero attached hydrogens (tertiary/aromatic N) is 2. The van der Waals surface area contributed by atoms with Crippen molar-refractivity contribution in [3.63, 3.8) is 0 Å². The average molecular weight is 454 g/mol. The van der Waals surface area contributed by atoms with E-state index in [1.54, 1.807) is 4.90 Å². The van der Waals surface area contributed by atoms with Crippen LogP contribution in [0.2, 0.25) is 0 Å². The predicted molar refractivity (Wildman–Crippen MR) is 119 cm³/mol. The molecular weight excluding hydrogens is 430 g/mol. The Morgan fingerprint density at radius 3 is 2.69 bits per heavy atom. The van der Waals surface area contributed by atoms with Crippen molar-refractivity contribution >= 4 is 32.8 Å². The summed E-state index contributed by atoms with van der Waals surface area (Å²) in [4.78, 5) is 22.4. The third kappa shape index (κ3) is 4.22. The van der Waals surface area contributed by atoms with Crippen LogP contribution in [0.5, 0.6) is 0 Å². The van der Waals surface area contributed by atoms with Crippen molar-refractivity contribution in [3.05, 3.63) is 64.5 Å². The molecule has 150 valence electrons. The molecule has 6 heteroatoms. The largest absolute Gasteiger partial charge is 0.444 e. The van der Waals surface area contributed by atoms with Crippen LogP contribution >= 0.6 is 15.9 Å². The number of aromatic amines is 1. The zero-order valence-electron chi connectivity index (χ0n) is 17.0. The van der Waals surface area contributed by atoms with E-state index in [2.05, 4.69) is 62.3 Å². The van der Waals surface area contributed by atoms with E-state index in [1.807, 2.05) is 40.0 Å². The van der Waals surface area contributed by atoms with Crippen LogP contribution in [0.3, 0.4) is 0 Å². The molecular formula is C23H24BrN3O2. The minimum absolute atomic E-state index is 0.255. The number of fused-ring (bicyclic) bond motifs is 1. The highest BCUT2D eigenvalue weighted by atomic mass is 79.9. The standard InChI is InChI=1S/C23H24BrN3O2/c1-14-9-20(27(13-14)22(28)29-23(2,3)4)21-25-12-19(26-21)17-6-5-16-11-18(24)8-7-15(16)10-17/h5-12,20H,13H2,1-4H3,(H,25,26)/t20-/m0/s1. The van der Waals surface area contributed by atoms with Crippen LogP contribution in [0.25, 0.3) is 22.0 Å². The number of hydrogen-bond acceptors (Lipinski definition) is 3. The Morgan fingerprint density at radius 1 is 1.21 bits per heavy atom. The Balaban J connectivity index is 1.62. The number of aromatic nitrogens is 2. The van der Waals surface area contributed by atoms with E-state index >= 15 is 0 Å². The molecule has 5 nitrogen and oxygen atoms in total. The molecule has 0 fully saturated rings. The summed E-state index contributed by atoms with van der Waals surface area (Å²) in [6, 6.07) is 12.3. The quantitative estimate of drug-likeness (QED) is 0.467. The zero-order chi connectivity index (χ0) is 20.8. The monoisotopic (exact) mass is 453 g/mol. The number of H-pyrrole nitrogens is 1. The summed E-state index contributed by atoms with van der Waals surface area (Å²) in [6.07, 6.45) is 3.55. The maximum Gasteiger partial charge on any atom is 0.411 e. The molecule has 0 saturated heterocycles. The van der Waals surface area contributed by atoms with Gasteiger partial charge in [-0.25, -0.2) is 9.78 Å². The van der Waals surface area contributed by atoms with Crippen LogP contribution in [0.1, 0.15) is 39.6 Å². The molecule has 3 aromatic rings. The lowest BCUT2D eigenvalue weighted by Gasteiger charge is -2.27. The molecule has 29 heavy (non-hydrogen) atoms. The van der Waals surface area contributed by atoms with E-state index in [1.165, 1.54) is 5.39 Å². The van der Waals surface area contributed by atoms with Gasteiger partial charge in [0, 0.05) is 16.6 Å². The Labute approximate surface area is 178 Å². The van der Waals surface area contributed by atoms with Crippen molar-refractivity contribution in [2.24, 2.45) is 0 Å². The Kier molecular flexibility index (Phi) is 4.99. The Morgan fingerprint density at radius 2 is 1.93 bits per heavy atom. The SMILES string of the molecule is CC1=C[C@@H](c2ncc(-c3ccc4cc(Br)ccc4c3)[nH]2)N(C(=O)OC(C)(C)C)C1. The fraction of sp³-hybridized carbons (Fsp3) is 0.304. The van der Waals surface area contributed by atoms with Crippen molar-refractivity contribution in [2.45, 2.75) is 39.3 Å². The summed E-state index contributed by atoms with van der Waals surface area (Å²) < 4.78 is 6.64. The molecule has 0 spiro atoms. The van der Waals surface area contributed by atoms with Crippen molar-refractivity contribution in [3.8, 4) is 11.3 Å². The molecule has 1 N–H and O–H groups in total. The smallest absolute Gasteiger partial charge is 0.411 e. The number of benzene rings is 2. The van der Waals surface area contributed by atoms with Gasteiger partial charge in [-0.1, -0.05) is 45.8 Å². The second-order valence-electron chi connectivity index (χ2n) is 8.45. The summed E-state index contributed by atoms with van der Waals surface area (Å²) in [5.74, 6) is 0.735. The third-order valence-electron chi connectivity index (χ3n) is 4.81. The molecule has 0 bridgehead atoms. The molecule has 0 radical (unpaired) electrons. The molecule has 0 saturated carbocycles. The van der Waals surface area contributed by atoms with Gasteiger partial charge < -0.3 is 9.72 Å². The highest BCUT2D eigenvalue weighted by molar-refractivity contribution is 9.10. The van der Waals surface area contributed by atoms with E-state index in [9.17, 15) is 4.79 Å². The number of halogens is 1. The van der Waals surface area contributed by atoms with E-state index < -0.39 is 5.60 Å². The van der Waals surface area contributed by atoms with Crippen LogP contribution < -0.4 is 0 Å². The number of rotatable bonds is 2. The van der Waals surface area contributed by atoms with E-state index in [4.69, 9.17) is 4.74 Å². The highest BCUT2D eigenvalue weighted by Crippen LogP contribution is 2.32. The summed E-state index contributed by atoms with van der Waals surface area (Å²) in [5.41, 5.74) is 2.56. The zero-order valence-corrected chi connectivity index (χ0v) is 18.6. The highest BCUT2D eigenvalue weighted by Gasteiger charge is 2.33. The maximum atomic E-state index is 12.7. The van der Waals surface area contributed by atoms with Crippen molar-refractivity contribution < 1.29 is 9.53 Å². The third-order valence-corrected chi connectivity index (χ3v) is 5.31. The lowest BCUT2D eigenvalue weighted by Crippen LogP contribution is -2.37. The van der Waals surface area contributed by atoms with E-state index in [0.29, 0.717) is 6.54 Å².